The summed E-state index contributed by atoms with van der Waals surface area (Å²) in [6.07, 6.45) is 3.06. The molecule has 5 nitrogen and oxygen atoms in total. The second-order valence-corrected chi connectivity index (χ2v) is 7.81. The lowest BCUT2D eigenvalue weighted by Crippen LogP contribution is -2.44. The van der Waals surface area contributed by atoms with Crippen LogP contribution in [-0.2, 0) is 14.3 Å². The molecule has 7 heteroatoms. The molecule has 114 valence electrons. The van der Waals surface area contributed by atoms with E-state index in [4.69, 9.17) is 9.84 Å². The number of ether oxygens (including phenoxy) is 1. The minimum Gasteiger partial charge on any atom is -0.480 e. The van der Waals surface area contributed by atoms with Crippen molar-refractivity contribution < 1.29 is 19.4 Å². The van der Waals surface area contributed by atoms with Gasteiger partial charge in [0.15, 0.2) is 0 Å². The predicted octanol–water partition coefficient (Wildman–Crippen LogP) is 1.36. The van der Waals surface area contributed by atoms with E-state index < -0.39 is 12.0 Å². The molecule has 2 aliphatic rings. The molecule has 1 spiro atoms. The second kappa shape index (κ2) is 7.04. The van der Waals surface area contributed by atoms with Gasteiger partial charge in [0.2, 0.25) is 5.91 Å². The zero-order chi connectivity index (χ0) is 14.6. The monoisotopic (exact) mass is 319 g/mol. The molecule has 3 atom stereocenters. The van der Waals surface area contributed by atoms with Crippen LogP contribution in [0, 0.1) is 0 Å². The molecule has 2 fully saturated rings. The van der Waals surface area contributed by atoms with E-state index in [0.717, 1.165) is 37.4 Å². The summed E-state index contributed by atoms with van der Waals surface area (Å²) < 4.78 is 5.96. The summed E-state index contributed by atoms with van der Waals surface area (Å²) in [5.41, 5.74) is 0.0211. The lowest BCUT2D eigenvalue weighted by Gasteiger charge is -2.37. The highest BCUT2D eigenvalue weighted by Gasteiger charge is 2.40. The fourth-order valence-corrected chi connectivity index (χ4v) is 5.39. The van der Waals surface area contributed by atoms with E-state index in [0.29, 0.717) is 11.0 Å². The number of nitrogens with one attached hydrogen (secondary N) is 1. The first-order valence-corrected chi connectivity index (χ1v) is 9.04. The molecule has 1 amide bonds. The Bertz CT molecular complexity index is 371. The van der Waals surface area contributed by atoms with E-state index in [1.165, 1.54) is 6.92 Å². The van der Waals surface area contributed by atoms with E-state index in [1.54, 1.807) is 11.8 Å². The topological polar surface area (TPSA) is 75.6 Å². The van der Waals surface area contributed by atoms with Gasteiger partial charge in [-0.1, -0.05) is 0 Å². The highest BCUT2D eigenvalue weighted by molar-refractivity contribution is 8.00. The maximum absolute atomic E-state index is 11.1. The molecule has 0 bridgehead atoms. The molecule has 0 aliphatic carbocycles. The Morgan fingerprint density at radius 1 is 1.60 bits per heavy atom. The molecule has 2 saturated heterocycles. The zero-order valence-corrected chi connectivity index (χ0v) is 13.2. The summed E-state index contributed by atoms with van der Waals surface area (Å²) in [6.45, 7) is 2.11. The van der Waals surface area contributed by atoms with Crippen molar-refractivity contribution in [2.75, 3.05) is 23.9 Å². The van der Waals surface area contributed by atoms with Crippen molar-refractivity contribution in [1.82, 2.24) is 5.32 Å². The normalized spacial score (nSPS) is 31.1. The first-order chi connectivity index (χ1) is 9.51. The van der Waals surface area contributed by atoms with Gasteiger partial charge in [-0.25, -0.2) is 4.79 Å². The van der Waals surface area contributed by atoms with E-state index >= 15 is 0 Å². The average molecular weight is 319 g/mol. The Kier molecular flexibility index (Phi) is 5.63. The molecular formula is C13H21NO4S2. The number of rotatable bonds is 5. The number of hydrogen-bond donors (Lipinski definition) is 2. The van der Waals surface area contributed by atoms with Gasteiger partial charge in [-0.15, -0.1) is 0 Å². The van der Waals surface area contributed by atoms with Gasteiger partial charge in [0.25, 0.3) is 0 Å². The van der Waals surface area contributed by atoms with E-state index in [1.807, 2.05) is 11.8 Å². The van der Waals surface area contributed by atoms with Gasteiger partial charge in [0.05, 0.1) is 5.60 Å². The number of aliphatic carboxylic acids is 1. The van der Waals surface area contributed by atoms with Gasteiger partial charge in [-0.2, -0.15) is 23.5 Å². The minimum atomic E-state index is -0.967. The van der Waals surface area contributed by atoms with Crippen molar-refractivity contribution in [3.05, 3.63) is 0 Å². The Hall–Kier alpha value is -0.400. The Labute approximate surface area is 127 Å². The van der Waals surface area contributed by atoms with Crippen LogP contribution in [-0.4, -0.2) is 57.7 Å². The lowest BCUT2D eigenvalue weighted by atomic mass is 9.93. The van der Waals surface area contributed by atoms with Gasteiger partial charge >= 0.3 is 5.97 Å². The Balaban J connectivity index is 1.83. The summed E-state index contributed by atoms with van der Waals surface area (Å²) in [5.74, 6) is 1.36. The summed E-state index contributed by atoms with van der Waals surface area (Å²) in [4.78, 5) is 22.1. The summed E-state index contributed by atoms with van der Waals surface area (Å²) in [5, 5.41) is 12.0. The van der Waals surface area contributed by atoms with Crippen LogP contribution in [0.25, 0.3) is 0 Å². The average Bonchev–Trinajstić information content (AvgIpc) is 2.82. The number of carbonyl (C=O) groups excluding carboxylic acids is 1. The number of carboxylic acid groups (broad SMARTS) is 1. The Morgan fingerprint density at radius 3 is 3.00 bits per heavy atom. The van der Waals surface area contributed by atoms with Crippen LogP contribution in [0.2, 0.25) is 0 Å². The van der Waals surface area contributed by atoms with E-state index in [2.05, 4.69) is 5.32 Å². The second-order valence-electron chi connectivity index (χ2n) is 5.37. The van der Waals surface area contributed by atoms with Crippen LogP contribution >= 0.6 is 23.5 Å². The zero-order valence-electron chi connectivity index (χ0n) is 11.6. The van der Waals surface area contributed by atoms with Crippen molar-refractivity contribution >= 4 is 35.4 Å². The standard InChI is InChI=1S/C13H21NO4S2/c1-9(15)14-11(12(16)17)7-20-10-2-4-18-13(6-10)3-5-19-8-13/h10-11H,2-8H2,1H3,(H,14,15)(H,16,17). The molecule has 0 aromatic rings. The largest absolute Gasteiger partial charge is 0.480 e. The van der Waals surface area contributed by atoms with Crippen molar-refractivity contribution in [2.24, 2.45) is 0 Å². The van der Waals surface area contributed by atoms with Crippen molar-refractivity contribution in [3.63, 3.8) is 0 Å². The quantitative estimate of drug-likeness (QED) is 0.797. The van der Waals surface area contributed by atoms with Gasteiger partial charge < -0.3 is 15.2 Å². The third-order valence-electron chi connectivity index (χ3n) is 3.69. The number of amides is 1. The highest BCUT2D eigenvalue weighted by atomic mass is 32.2. The maximum Gasteiger partial charge on any atom is 0.327 e. The summed E-state index contributed by atoms with van der Waals surface area (Å²) in [6, 6.07) is -0.797. The minimum absolute atomic E-state index is 0.0211. The molecule has 2 N–H and O–H groups in total. The van der Waals surface area contributed by atoms with Gasteiger partial charge in [-0.3, -0.25) is 4.79 Å². The van der Waals surface area contributed by atoms with E-state index in [-0.39, 0.29) is 11.5 Å². The van der Waals surface area contributed by atoms with Gasteiger partial charge in [-0.05, 0) is 25.0 Å². The molecule has 2 rings (SSSR count). The molecule has 0 aromatic carbocycles. The SMILES string of the molecule is CC(=O)NC(CSC1CCOC2(CCSC2)C1)C(=O)O. The molecule has 3 unspecified atom stereocenters. The van der Waals surface area contributed by atoms with Crippen LogP contribution < -0.4 is 5.32 Å². The van der Waals surface area contributed by atoms with E-state index in [9.17, 15) is 9.59 Å². The van der Waals surface area contributed by atoms with Crippen molar-refractivity contribution in [1.29, 1.82) is 0 Å². The first kappa shape index (κ1) is 16.0. The highest BCUT2D eigenvalue weighted by Crippen LogP contribution is 2.41. The van der Waals surface area contributed by atoms with Crippen molar-refractivity contribution in [2.45, 2.75) is 43.1 Å². The van der Waals surface area contributed by atoms with Gasteiger partial charge in [0.1, 0.15) is 6.04 Å². The fourth-order valence-electron chi connectivity index (χ4n) is 2.64. The molecule has 0 aromatic heterocycles. The number of carbonyl (C=O) groups is 2. The third-order valence-corrected chi connectivity index (χ3v) is 6.31. The molecule has 0 radical (unpaired) electrons. The van der Waals surface area contributed by atoms with Gasteiger partial charge in [0, 0.05) is 30.3 Å². The van der Waals surface area contributed by atoms with Crippen LogP contribution in [0.15, 0.2) is 0 Å². The predicted molar refractivity (Wildman–Crippen MR) is 81.3 cm³/mol. The molecule has 2 aliphatic heterocycles. The summed E-state index contributed by atoms with van der Waals surface area (Å²) in [7, 11) is 0. The van der Waals surface area contributed by atoms with Crippen LogP contribution in [0.4, 0.5) is 0 Å². The molecule has 20 heavy (non-hydrogen) atoms. The fraction of sp³-hybridized carbons (Fsp3) is 0.846. The molecular weight excluding hydrogens is 298 g/mol. The first-order valence-electron chi connectivity index (χ1n) is 6.84. The van der Waals surface area contributed by atoms with Crippen LogP contribution in [0.5, 0.6) is 0 Å². The third kappa shape index (κ3) is 4.30. The number of hydrogen-bond acceptors (Lipinski definition) is 5. The maximum atomic E-state index is 11.1. The Morgan fingerprint density at radius 2 is 2.40 bits per heavy atom. The molecule has 2 heterocycles. The number of thioether (sulfide) groups is 2. The molecule has 0 saturated carbocycles. The van der Waals surface area contributed by atoms with Crippen LogP contribution in [0.3, 0.4) is 0 Å². The van der Waals surface area contributed by atoms with Crippen LogP contribution in [0.1, 0.15) is 26.2 Å². The lowest BCUT2D eigenvalue weighted by molar-refractivity contribution is -0.140. The smallest absolute Gasteiger partial charge is 0.327 e. The van der Waals surface area contributed by atoms with Crippen molar-refractivity contribution in [3.8, 4) is 0 Å². The number of carboxylic acids is 1. The summed E-state index contributed by atoms with van der Waals surface area (Å²) >= 11 is 3.59.